The van der Waals surface area contributed by atoms with Crippen LogP contribution in [-0.2, 0) is 9.59 Å². The van der Waals surface area contributed by atoms with Gasteiger partial charge >= 0.3 is 6.03 Å². The first-order valence-corrected chi connectivity index (χ1v) is 8.17. The van der Waals surface area contributed by atoms with Crippen molar-refractivity contribution in [2.24, 2.45) is 0 Å². The first-order chi connectivity index (χ1) is 12.8. The van der Waals surface area contributed by atoms with Gasteiger partial charge in [-0.15, -0.1) is 0 Å². The van der Waals surface area contributed by atoms with Crippen LogP contribution in [0.15, 0.2) is 42.0 Å². The number of phenols is 1. The highest BCUT2D eigenvalue weighted by Crippen LogP contribution is 2.29. The molecule has 2 aromatic rings. The van der Waals surface area contributed by atoms with Crippen LogP contribution >= 0.6 is 0 Å². The summed E-state index contributed by atoms with van der Waals surface area (Å²) in [7, 11) is 1.46. The van der Waals surface area contributed by atoms with Crippen molar-refractivity contribution in [1.29, 1.82) is 0 Å². The van der Waals surface area contributed by atoms with Crippen LogP contribution in [0.1, 0.15) is 16.7 Å². The maximum atomic E-state index is 12.9. The molecular weight excluding hydrogens is 348 g/mol. The van der Waals surface area contributed by atoms with E-state index in [4.69, 9.17) is 4.74 Å². The largest absolute Gasteiger partial charge is 0.507 e. The summed E-state index contributed by atoms with van der Waals surface area (Å²) in [5.74, 6) is -1.30. The number of methoxy groups -OCH3 is 1. The number of anilines is 1. The number of phenolic OH excluding ortho intramolecular Hbond substituents is 1. The molecule has 1 saturated heterocycles. The van der Waals surface area contributed by atoms with E-state index in [0.29, 0.717) is 17.0 Å². The standard InChI is InChI=1S/C20H18N2O5/c1-11-4-5-12(2)16(8-11)22-19(25)15(18(24)21-20(22)26)9-13-6-7-14(27-3)10-17(13)23/h4-10,23H,1-3H3,(H,21,24,26)/b15-9+. The fourth-order valence-electron chi connectivity index (χ4n) is 2.76. The summed E-state index contributed by atoms with van der Waals surface area (Å²) < 4.78 is 5.02. The lowest BCUT2D eigenvalue weighted by atomic mass is 10.0. The number of benzene rings is 2. The third-order valence-corrected chi connectivity index (χ3v) is 4.24. The lowest BCUT2D eigenvalue weighted by Gasteiger charge is -2.27. The van der Waals surface area contributed by atoms with E-state index in [2.05, 4.69) is 5.32 Å². The van der Waals surface area contributed by atoms with Gasteiger partial charge in [-0.2, -0.15) is 0 Å². The molecule has 1 fully saturated rings. The van der Waals surface area contributed by atoms with E-state index in [1.54, 1.807) is 25.1 Å². The molecule has 138 valence electrons. The van der Waals surface area contributed by atoms with E-state index in [1.165, 1.54) is 25.3 Å². The minimum atomic E-state index is -0.818. The van der Waals surface area contributed by atoms with Crippen LogP contribution in [0.25, 0.3) is 6.08 Å². The average molecular weight is 366 g/mol. The minimum absolute atomic E-state index is 0.155. The number of imide groups is 2. The van der Waals surface area contributed by atoms with E-state index in [-0.39, 0.29) is 16.9 Å². The minimum Gasteiger partial charge on any atom is -0.507 e. The van der Waals surface area contributed by atoms with Gasteiger partial charge in [0.15, 0.2) is 0 Å². The number of aryl methyl sites for hydroxylation is 2. The quantitative estimate of drug-likeness (QED) is 0.643. The Bertz CT molecular complexity index is 994. The van der Waals surface area contributed by atoms with Crippen molar-refractivity contribution in [2.75, 3.05) is 12.0 Å². The second-order valence-electron chi connectivity index (χ2n) is 6.17. The lowest BCUT2D eigenvalue weighted by Crippen LogP contribution is -2.54. The van der Waals surface area contributed by atoms with Crippen molar-refractivity contribution < 1.29 is 24.2 Å². The summed E-state index contributed by atoms with van der Waals surface area (Å²) in [4.78, 5) is 38.4. The van der Waals surface area contributed by atoms with Crippen molar-refractivity contribution >= 4 is 29.6 Å². The number of nitrogens with zero attached hydrogens (tertiary/aromatic N) is 1. The molecular formula is C20H18N2O5. The van der Waals surface area contributed by atoms with E-state index in [0.717, 1.165) is 10.5 Å². The molecule has 0 unspecified atom stereocenters. The highest BCUT2D eigenvalue weighted by Gasteiger charge is 2.37. The summed E-state index contributed by atoms with van der Waals surface area (Å²) in [6.45, 7) is 3.61. The third kappa shape index (κ3) is 3.39. The molecule has 0 spiro atoms. The van der Waals surface area contributed by atoms with E-state index in [1.807, 2.05) is 13.0 Å². The Morgan fingerprint density at radius 1 is 1.07 bits per heavy atom. The summed E-state index contributed by atoms with van der Waals surface area (Å²) in [5.41, 5.74) is 1.98. The maximum absolute atomic E-state index is 12.9. The number of amides is 4. The normalized spacial score (nSPS) is 15.9. The number of ether oxygens (including phenoxy) is 1. The predicted octanol–water partition coefficient (Wildman–Crippen LogP) is 2.68. The highest BCUT2D eigenvalue weighted by atomic mass is 16.5. The SMILES string of the molecule is COc1ccc(/C=C2\C(=O)NC(=O)N(c3cc(C)ccc3C)C2=O)c(O)c1. The van der Waals surface area contributed by atoms with Gasteiger partial charge in [0.1, 0.15) is 17.1 Å². The molecule has 1 heterocycles. The predicted molar refractivity (Wildman–Crippen MR) is 99.6 cm³/mol. The monoisotopic (exact) mass is 366 g/mol. The molecule has 1 aliphatic heterocycles. The highest BCUT2D eigenvalue weighted by molar-refractivity contribution is 6.39. The van der Waals surface area contributed by atoms with Crippen LogP contribution in [0.3, 0.4) is 0 Å². The average Bonchev–Trinajstić information content (AvgIpc) is 2.62. The second-order valence-corrected chi connectivity index (χ2v) is 6.17. The fourth-order valence-corrected chi connectivity index (χ4v) is 2.76. The Morgan fingerprint density at radius 2 is 1.81 bits per heavy atom. The van der Waals surface area contributed by atoms with Crippen LogP contribution in [-0.4, -0.2) is 30.1 Å². The Kier molecular flexibility index (Phi) is 4.68. The van der Waals surface area contributed by atoms with E-state index >= 15 is 0 Å². The first kappa shape index (κ1) is 18.2. The van der Waals surface area contributed by atoms with Gasteiger partial charge < -0.3 is 9.84 Å². The number of carbonyl (C=O) groups is 3. The van der Waals surface area contributed by atoms with Crippen molar-refractivity contribution in [1.82, 2.24) is 5.32 Å². The fraction of sp³-hybridized carbons (Fsp3) is 0.150. The molecule has 27 heavy (non-hydrogen) atoms. The number of rotatable bonds is 3. The molecule has 1 aliphatic rings. The van der Waals surface area contributed by atoms with Gasteiger partial charge in [0.25, 0.3) is 11.8 Å². The molecule has 3 rings (SSSR count). The molecule has 0 aliphatic carbocycles. The molecule has 0 aromatic heterocycles. The van der Waals surface area contributed by atoms with Crippen molar-refractivity contribution in [3.8, 4) is 11.5 Å². The van der Waals surface area contributed by atoms with Gasteiger partial charge in [-0.25, -0.2) is 9.69 Å². The maximum Gasteiger partial charge on any atom is 0.335 e. The molecule has 4 amide bonds. The Morgan fingerprint density at radius 3 is 2.48 bits per heavy atom. The molecule has 2 aromatic carbocycles. The summed E-state index contributed by atoms with van der Waals surface area (Å²) in [5, 5.41) is 12.3. The lowest BCUT2D eigenvalue weighted by molar-refractivity contribution is -0.122. The van der Waals surface area contributed by atoms with Gasteiger partial charge in [0.05, 0.1) is 12.8 Å². The number of nitrogens with one attached hydrogen (secondary N) is 1. The molecule has 2 N–H and O–H groups in total. The van der Waals surface area contributed by atoms with E-state index < -0.39 is 17.8 Å². The zero-order valence-electron chi connectivity index (χ0n) is 15.1. The van der Waals surface area contributed by atoms with Gasteiger partial charge in [-0.05, 0) is 49.2 Å². The smallest absolute Gasteiger partial charge is 0.335 e. The van der Waals surface area contributed by atoms with Gasteiger partial charge in [0, 0.05) is 11.6 Å². The van der Waals surface area contributed by atoms with Crippen LogP contribution in [0.4, 0.5) is 10.5 Å². The molecule has 7 heteroatoms. The summed E-state index contributed by atoms with van der Waals surface area (Å²) in [6, 6.07) is 9.01. The van der Waals surface area contributed by atoms with Crippen LogP contribution < -0.4 is 15.0 Å². The first-order valence-electron chi connectivity index (χ1n) is 8.17. The molecule has 0 saturated carbocycles. The molecule has 0 radical (unpaired) electrons. The van der Waals surface area contributed by atoms with Gasteiger partial charge in [-0.3, -0.25) is 14.9 Å². The topological polar surface area (TPSA) is 95.9 Å². The Labute approximate surface area is 155 Å². The summed E-state index contributed by atoms with van der Waals surface area (Å²) >= 11 is 0. The number of carbonyl (C=O) groups excluding carboxylic acids is 3. The number of hydrogen-bond donors (Lipinski definition) is 2. The number of aromatic hydroxyl groups is 1. The molecule has 0 atom stereocenters. The third-order valence-electron chi connectivity index (χ3n) is 4.24. The van der Waals surface area contributed by atoms with Gasteiger partial charge in [0.2, 0.25) is 0 Å². The van der Waals surface area contributed by atoms with Crippen LogP contribution in [0.2, 0.25) is 0 Å². The molecule has 0 bridgehead atoms. The number of hydrogen-bond acceptors (Lipinski definition) is 5. The second kappa shape index (κ2) is 6.95. The van der Waals surface area contributed by atoms with Crippen LogP contribution in [0.5, 0.6) is 11.5 Å². The van der Waals surface area contributed by atoms with Crippen LogP contribution in [0, 0.1) is 13.8 Å². The van der Waals surface area contributed by atoms with Crippen molar-refractivity contribution in [3.63, 3.8) is 0 Å². The number of barbiturate groups is 1. The van der Waals surface area contributed by atoms with Crippen molar-refractivity contribution in [2.45, 2.75) is 13.8 Å². The van der Waals surface area contributed by atoms with E-state index in [9.17, 15) is 19.5 Å². The summed E-state index contributed by atoms with van der Waals surface area (Å²) in [6.07, 6.45) is 1.25. The zero-order valence-corrected chi connectivity index (χ0v) is 15.1. The van der Waals surface area contributed by atoms with Gasteiger partial charge in [-0.1, -0.05) is 12.1 Å². The Hall–Kier alpha value is -3.61. The zero-order chi connectivity index (χ0) is 19.7. The number of urea groups is 1. The molecule has 7 nitrogen and oxygen atoms in total. The Balaban J connectivity index is 2.06. The van der Waals surface area contributed by atoms with Crippen molar-refractivity contribution in [3.05, 3.63) is 58.7 Å².